The lowest BCUT2D eigenvalue weighted by atomic mass is 10.0. The summed E-state index contributed by atoms with van der Waals surface area (Å²) in [6.45, 7) is 8.67. The molecule has 3 heterocycles. The molecule has 2 N–H and O–H groups in total. The third-order valence-electron chi connectivity index (χ3n) is 5.44. The Hall–Kier alpha value is -2.20. The maximum absolute atomic E-state index is 12.7. The molecule has 2 aromatic rings. The zero-order chi connectivity index (χ0) is 21.7. The Balaban J connectivity index is 1.53. The van der Waals surface area contributed by atoms with Crippen molar-refractivity contribution < 1.29 is 9.59 Å². The Kier molecular flexibility index (Phi) is 7.65. The van der Waals surface area contributed by atoms with E-state index in [4.69, 9.17) is 0 Å². The van der Waals surface area contributed by atoms with E-state index in [1.165, 1.54) is 11.8 Å². The number of nitrogens with one attached hydrogen (secondary N) is 2. The molecule has 0 bridgehead atoms. The van der Waals surface area contributed by atoms with Gasteiger partial charge in [-0.25, -0.2) is 9.50 Å². The molecular weight excluding hydrogens is 402 g/mol. The first-order valence-electron chi connectivity index (χ1n) is 10.5. The zero-order valence-electron chi connectivity index (χ0n) is 18.2. The van der Waals surface area contributed by atoms with Gasteiger partial charge in [-0.05, 0) is 39.4 Å². The lowest BCUT2D eigenvalue weighted by Gasteiger charge is -2.31. The third kappa shape index (κ3) is 5.48. The Labute approximate surface area is 181 Å². The fourth-order valence-electron chi connectivity index (χ4n) is 3.73. The molecule has 3 rings (SSSR count). The number of nitrogens with zero attached hydrogens (tertiary/aromatic N) is 5. The van der Waals surface area contributed by atoms with Gasteiger partial charge in [-0.15, -0.1) is 5.10 Å². The molecule has 0 atom stereocenters. The van der Waals surface area contributed by atoms with Crippen molar-refractivity contribution in [1.29, 1.82) is 0 Å². The zero-order valence-corrected chi connectivity index (χ0v) is 19.0. The Morgan fingerprint density at radius 2 is 1.90 bits per heavy atom. The summed E-state index contributed by atoms with van der Waals surface area (Å²) < 4.78 is 1.71. The van der Waals surface area contributed by atoms with Gasteiger partial charge in [-0.3, -0.25) is 14.5 Å². The topological polar surface area (TPSA) is 105 Å². The van der Waals surface area contributed by atoms with E-state index < -0.39 is 0 Å². The van der Waals surface area contributed by atoms with Crippen molar-refractivity contribution in [1.82, 2.24) is 35.1 Å². The third-order valence-corrected chi connectivity index (χ3v) is 5.98. The van der Waals surface area contributed by atoms with Crippen molar-refractivity contribution >= 4 is 29.4 Å². The number of piperidine rings is 1. The molecule has 0 radical (unpaired) electrons. The van der Waals surface area contributed by atoms with Gasteiger partial charge >= 0.3 is 0 Å². The molecule has 1 aliphatic rings. The van der Waals surface area contributed by atoms with Gasteiger partial charge in [0, 0.05) is 42.6 Å². The van der Waals surface area contributed by atoms with Gasteiger partial charge in [0.1, 0.15) is 0 Å². The summed E-state index contributed by atoms with van der Waals surface area (Å²) in [6, 6.07) is 0.138. The monoisotopic (exact) mass is 433 g/mol. The minimum absolute atomic E-state index is 0.00769. The van der Waals surface area contributed by atoms with Gasteiger partial charge in [0.15, 0.2) is 0 Å². The van der Waals surface area contributed by atoms with Crippen molar-refractivity contribution in [3.05, 3.63) is 17.0 Å². The van der Waals surface area contributed by atoms with Gasteiger partial charge in [0.25, 0.3) is 5.78 Å². The van der Waals surface area contributed by atoms with Crippen LogP contribution in [-0.4, -0.2) is 74.8 Å². The highest BCUT2D eigenvalue weighted by atomic mass is 32.2. The fraction of sp³-hybridized carbons (Fsp3) is 0.650. The van der Waals surface area contributed by atoms with Crippen LogP contribution in [0.5, 0.6) is 0 Å². The molecule has 2 amide bonds. The highest BCUT2D eigenvalue weighted by molar-refractivity contribution is 7.98. The quantitative estimate of drug-likeness (QED) is 0.601. The predicted molar refractivity (Wildman–Crippen MR) is 117 cm³/mol. The van der Waals surface area contributed by atoms with Crippen molar-refractivity contribution in [3.63, 3.8) is 0 Å². The highest BCUT2D eigenvalue weighted by Gasteiger charge is 2.23. The summed E-state index contributed by atoms with van der Waals surface area (Å²) in [6.07, 6.45) is 4.84. The molecule has 164 valence electrons. The average molecular weight is 434 g/mol. The molecule has 9 nitrogen and oxygen atoms in total. The number of hydrogen-bond acceptors (Lipinski definition) is 7. The summed E-state index contributed by atoms with van der Waals surface area (Å²) in [4.78, 5) is 35.6. The molecule has 0 spiro atoms. The maximum Gasteiger partial charge on any atom is 0.253 e. The summed E-state index contributed by atoms with van der Waals surface area (Å²) in [7, 11) is 0. The van der Waals surface area contributed by atoms with E-state index in [9.17, 15) is 9.59 Å². The minimum atomic E-state index is -0.00769. The molecule has 0 aromatic carbocycles. The standard InChI is InChI=1S/C20H31N7O2S/c1-5-8-21-18(29)12-26-9-6-15(7-10-26)23-17(28)11-16-13(2)22-19-24-20(30-4)25-27(19)14(16)3/h15H,5-12H2,1-4H3,(H,21,29)(H,23,28). The van der Waals surface area contributed by atoms with E-state index in [2.05, 4.69) is 30.6 Å². The van der Waals surface area contributed by atoms with E-state index in [0.29, 0.717) is 17.5 Å². The molecule has 30 heavy (non-hydrogen) atoms. The van der Waals surface area contributed by atoms with Crippen LogP contribution in [-0.2, 0) is 16.0 Å². The van der Waals surface area contributed by atoms with E-state index in [1.807, 2.05) is 27.0 Å². The van der Waals surface area contributed by atoms with Crippen LogP contribution in [0, 0.1) is 13.8 Å². The second kappa shape index (κ2) is 10.2. The van der Waals surface area contributed by atoms with Crippen LogP contribution in [0.25, 0.3) is 5.78 Å². The molecular formula is C20H31N7O2S. The van der Waals surface area contributed by atoms with E-state index >= 15 is 0 Å². The number of amides is 2. The minimum Gasteiger partial charge on any atom is -0.355 e. The molecule has 0 aliphatic carbocycles. The fourth-order valence-corrected chi connectivity index (χ4v) is 4.07. The predicted octanol–water partition coefficient (Wildman–Crippen LogP) is 1.11. The maximum atomic E-state index is 12.7. The van der Waals surface area contributed by atoms with Crippen LogP contribution in [0.3, 0.4) is 0 Å². The Bertz CT molecular complexity index is 906. The van der Waals surface area contributed by atoms with Crippen molar-refractivity contribution in [2.45, 2.75) is 57.7 Å². The molecule has 10 heteroatoms. The van der Waals surface area contributed by atoms with Crippen LogP contribution < -0.4 is 10.6 Å². The van der Waals surface area contributed by atoms with Crippen LogP contribution in [0.15, 0.2) is 5.16 Å². The summed E-state index contributed by atoms with van der Waals surface area (Å²) in [5.74, 6) is 0.631. The van der Waals surface area contributed by atoms with Crippen LogP contribution in [0.1, 0.15) is 43.1 Å². The van der Waals surface area contributed by atoms with E-state index in [1.54, 1.807) is 4.52 Å². The van der Waals surface area contributed by atoms with Crippen molar-refractivity contribution in [3.8, 4) is 0 Å². The van der Waals surface area contributed by atoms with Gasteiger partial charge in [-0.1, -0.05) is 18.7 Å². The number of aryl methyl sites for hydroxylation is 2. The molecule has 0 unspecified atom stereocenters. The van der Waals surface area contributed by atoms with E-state index in [0.717, 1.165) is 55.8 Å². The van der Waals surface area contributed by atoms with Gasteiger partial charge in [0.05, 0.1) is 13.0 Å². The summed E-state index contributed by atoms with van der Waals surface area (Å²) in [5.41, 5.74) is 2.60. The molecule has 1 aliphatic heterocycles. The number of aromatic nitrogens is 4. The lowest BCUT2D eigenvalue weighted by molar-refractivity contribution is -0.124. The SMILES string of the molecule is CCCNC(=O)CN1CCC(NC(=O)Cc2c(C)nc3nc(SC)nn3c2C)CC1. The number of rotatable bonds is 8. The first kappa shape index (κ1) is 22.5. The number of carbonyl (C=O) groups is 2. The number of likely N-dealkylation sites (tertiary alicyclic amines) is 1. The second-order valence-electron chi connectivity index (χ2n) is 7.72. The Morgan fingerprint density at radius 3 is 2.57 bits per heavy atom. The molecule has 0 saturated carbocycles. The van der Waals surface area contributed by atoms with Crippen LogP contribution in [0.2, 0.25) is 0 Å². The normalized spacial score (nSPS) is 15.5. The lowest BCUT2D eigenvalue weighted by Crippen LogP contribution is -2.47. The summed E-state index contributed by atoms with van der Waals surface area (Å²) >= 11 is 1.47. The molecule has 1 fully saturated rings. The number of hydrogen-bond donors (Lipinski definition) is 2. The Morgan fingerprint density at radius 1 is 1.17 bits per heavy atom. The largest absolute Gasteiger partial charge is 0.355 e. The molecule has 2 aromatic heterocycles. The van der Waals surface area contributed by atoms with Gasteiger partial charge in [-0.2, -0.15) is 4.98 Å². The van der Waals surface area contributed by atoms with Crippen LogP contribution >= 0.6 is 11.8 Å². The average Bonchev–Trinajstić information content (AvgIpc) is 3.14. The van der Waals surface area contributed by atoms with Gasteiger partial charge < -0.3 is 10.6 Å². The number of thioether (sulfide) groups is 1. The van der Waals surface area contributed by atoms with Crippen molar-refractivity contribution in [2.24, 2.45) is 0 Å². The van der Waals surface area contributed by atoms with Crippen molar-refractivity contribution in [2.75, 3.05) is 32.4 Å². The second-order valence-corrected chi connectivity index (χ2v) is 8.49. The first-order chi connectivity index (χ1) is 14.4. The summed E-state index contributed by atoms with van der Waals surface area (Å²) in [5, 5.41) is 11.2. The van der Waals surface area contributed by atoms with Crippen LogP contribution in [0.4, 0.5) is 0 Å². The van der Waals surface area contributed by atoms with Gasteiger partial charge in [0.2, 0.25) is 17.0 Å². The van der Waals surface area contributed by atoms with E-state index in [-0.39, 0.29) is 24.3 Å². The molecule has 1 saturated heterocycles. The smallest absolute Gasteiger partial charge is 0.253 e. The number of fused-ring (bicyclic) bond motifs is 1. The first-order valence-corrected chi connectivity index (χ1v) is 11.7. The highest BCUT2D eigenvalue weighted by Crippen LogP contribution is 2.18. The number of carbonyl (C=O) groups excluding carboxylic acids is 2.